The van der Waals surface area contributed by atoms with Gasteiger partial charge < -0.3 is 14.8 Å². The summed E-state index contributed by atoms with van der Waals surface area (Å²) in [7, 11) is 0. The van der Waals surface area contributed by atoms with E-state index in [0.29, 0.717) is 36.0 Å². The molecule has 0 saturated heterocycles. The SMILES string of the molecule is C=C(C)COc1ccccc1NC(=S)NC(=O)c1cc(Br)ccc1OCCCC. The molecular weight excluding hydrogens is 452 g/mol. The molecule has 2 N–H and O–H groups in total. The summed E-state index contributed by atoms with van der Waals surface area (Å²) < 4.78 is 12.3. The van der Waals surface area contributed by atoms with E-state index in [9.17, 15) is 4.79 Å². The summed E-state index contributed by atoms with van der Waals surface area (Å²) in [5.74, 6) is 0.793. The molecule has 2 rings (SSSR count). The van der Waals surface area contributed by atoms with Crippen LogP contribution in [0.1, 0.15) is 37.0 Å². The molecule has 154 valence electrons. The highest BCUT2D eigenvalue weighted by atomic mass is 79.9. The first-order chi connectivity index (χ1) is 13.9. The van der Waals surface area contributed by atoms with Gasteiger partial charge in [-0.15, -0.1) is 0 Å². The molecule has 2 aromatic rings. The number of benzene rings is 2. The first-order valence-corrected chi connectivity index (χ1v) is 10.5. The van der Waals surface area contributed by atoms with E-state index in [1.165, 1.54) is 0 Å². The normalized spacial score (nSPS) is 10.2. The van der Waals surface area contributed by atoms with Crippen LogP contribution >= 0.6 is 28.1 Å². The van der Waals surface area contributed by atoms with Crippen molar-refractivity contribution in [3.8, 4) is 11.5 Å². The Morgan fingerprint density at radius 3 is 2.66 bits per heavy atom. The van der Waals surface area contributed by atoms with E-state index in [-0.39, 0.29) is 11.0 Å². The van der Waals surface area contributed by atoms with Gasteiger partial charge in [0.05, 0.1) is 17.9 Å². The maximum absolute atomic E-state index is 12.8. The van der Waals surface area contributed by atoms with Crippen molar-refractivity contribution in [2.24, 2.45) is 0 Å². The predicted molar refractivity (Wildman–Crippen MR) is 125 cm³/mol. The number of hydrogen-bond acceptors (Lipinski definition) is 4. The van der Waals surface area contributed by atoms with Crippen molar-refractivity contribution in [3.63, 3.8) is 0 Å². The molecule has 0 aliphatic rings. The van der Waals surface area contributed by atoms with E-state index >= 15 is 0 Å². The standard InChI is InChI=1S/C22H25BrN2O3S/c1-4-5-12-27-19-11-10-16(23)13-17(19)21(26)25-22(29)24-18-8-6-7-9-20(18)28-14-15(2)3/h6-11,13H,2,4-5,12,14H2,1,3H3,(H2,24,25,26,29). The van der Waals surface area contributed by atoms with Gasteiger partial charge in [0, 0.05) is 4.47 Å². The van der Waals surface area contributed by atoms with Crippen molar-refractivity contribution in [1.82, 2.24) is 5.32 Å². The van der Waals surface area contributed by atoms with E-state index in [4.69, 9.17) is 21.7 Å². The van der Waals surface area contributed by atoms with Crippen LogP contribution in [0.25, 0.3) is 0 Å². The number of carbonyl (C=O) groups excluding carboxylic acids is 1. The van der Waals surface area contributed by atoms with Gasteiger partial charge in [0.1, 0.15) is 18.1 Å². The molecule has 0 fully saturated rings. The van der Waals surface area contributed by atoms with Crippen LogP contribution < -0.4 is 20.1 Å². The van der Waals surface area contributed by atoms with E-state index in [1.54, 1.807) is 12.1 Å². The number of amides is 1. The third-order valence-electron chi connectivity index (χ3n) is 3.78. The van der Waals surface area contributed by atoms with E-state index in [1.807, 2.05) is 37.3 Å². The fourth-order valence-corrected chi connectivity index (χ4v) is 2.92. The molecule has 0 atom stereocenters. The molecule has 0 aliphatic carbocycles. The number of carbonyl (C=O) groups is 1. The summed E-state index contributed by atoms with van der Waals surface area (Å²) in [6.07, 6.45) is 1.93. The van der Waals surface area contributed by atoms with Crippen LogP contribution in [0.5, 0.6) is 11.5 Å². The summed E-state index contributed by atoms with van der Waals surface area (Å²) >= 11 is 8.72. The molecule has 2 aromatic carbocycles. The number of hydrogen-bond donors (Lipinski definition) is 2. The third kappa shape index (κ3) is 7.51. The van der Waals surface area contributed by atoms with Crippen LogP contribution in [0.2, 0.25) is 0 Å². The number of rotatable bonds is 9. The fourth-order valence-electron chi connectivity index (χ4n) is 2.35. The van der Waals surface area contributed by atoms with Crippen LogP contribution in [0.3, 0.4) is 0 Å². The maximum Gasteiger partial charge on any atom is 0.261 e. The average molecular weight is 477 g/mol. The van der Waals surface area contributed by atoms with Gasteiger partial charge in [0.25, 0.3) is 5.91 Å². The zero-order valence-corrected chi connectivity index (χ0v) is 19.0. The lowest BCUT2D eigenvalue weighted by Crippen LogP contribution is -2.34. The molecule has 5 nitrogen and oxygen atoms in total. The minimum atomic E-state index is -0.351. The predicted octanol–water partition coefficient (Wildman–Crippen LogP) is 5.71. The third-order valence-corrected chi connectivity index (χ3v) is 4.48. The molecule has 0 spiro atoms. The lowest BCUT2D eigenvalue weighted by molar-refractivity contribution is 0.0973. The summed E-state index contributed by atoms with van der Waals surface area (Å²) in [4.78, 5) is 12.8. The molecule has 0 aromatic heterocycles. The Bertz CT molecular complexity index is 886. The summed E-state index contributed by atoms with van der Waals surface area (Å²) in [5.41, 5.74) is 1.97. The van der Waals surface area contributed by atoms with Gasteiger partial charge in [-0.25, -0.2) is 0 Å². The first kappa shape index (κ1) is 22.9. The number of unbranched alkanes of at least 4 members (excludes halogenated alkanes) is 1. The highest BCUT2D eigenvalue weighted by Gasteiger charge is 2.15. The van der Waals surface area contributed by atoms with Gasteiger partial charge in [0.15, 0.2) is 5.11 Å². The molecule has 0 bridgehead atoms. The van der Waals surface area contributed by atoms with Crippen LogP contribution in [0.4, 0.5) is 5.69 Å². The number of nitrogens with one attached hydrogen (secondary N) is 2. The van der Waals surface area contributed by atoms with Crippen LogP contribution in [-0.2, 0) is 0 Å². The van der Waals surface area contributed by atoms with Crippen molar-refractivity contribution in [1.29, 1.82) is 0 Å². The summed E-state index contributed by atoms with van der Waals surface area (Å²) in [6.45, 7) is 8.75. The van der Waals surface area contributed by atoms with Crippen molar-refractivity contribution in [3.05, 3.63) is 64.7 Å². The quantitative estimate of drug-likeness (QED) is 0.275. The van der Waals surface area contributed by atoms with Gasteiger partial charge in [-0.1, -0.05) is 48.0 Å². The monoisotopic (exact) mass is 476 g/mol. The zero-order chi connectivity index (χ0) is 21.2. The number of thiocarbonyl (C=S) groups is 1. The highest BCUT2D eigenvalue weighted by molar-refractivity contribution is 9.10. The van der Waals surface area contributed by atoms with E-state index in [0.717, 1.165) is 22.9 Å². The Balaban J connectivity index is 2.07. The topological polar surface area (TPSA) is 59.6 Å². The molecular formula is C22H25BrN2O3S. The van der Waals surface area contributed by atoms with Crippen molar-refractivity contribution < 1.29 is 14.3 Å². The van der Waals surface area contributed by atoms with Gasteiger partial charge in [-0.2, -0.15) is 0 Å². The minimum absolute atomic E-state index is 0.167. The van der Waals surface area contributed by atoms with E-state index < -0.39 is 0 Å². The van der Waals surface area contributed by atoms with Crippen molar-refractivity contribution in [2.75, 3.05) is 18.5 Å². The molecule has 29 heavy (non-hydrogen) atoms. The maximum atomic E-state index is 12.8. The lowest BCUT2D eigenvalue weighted by Gasteiger charge is -2.15. The fraction of sp³-hybridized carbons (Fsp3) is 0.273. The lowest BCUT2D eigenvalue weighted by atomic mass is 10.2. The average Bonchev–Trinajstić information content (AvgIpc) is 2.68. The number of halogens is 1. The van der Waals surface area contributed by atoms with Crippen LogP contribution in [-0.4, -0.2) is 24.2 Å². The second kappa shape index (κ2) is 11.6. The molecule has 7 heteroatoms. The number of ether oxygens (including phenoxy) is 2. The van der Waals surface area contributed by atoms with Gasteiger partial charge >= 0.3 is 0 Å². The summed E-state index contributed by atoms with van der Waals surface area (Å²) in [6, 6.07) is 12.7. The summed E-state index contributed by atoms with van der Waals surface area (Å²) in [5, 5.41) is 5.88. The van der Waals surface area contributed by atoms with Crippen molar-refractivity contribution in [2.45, 2.75) is 26.7 Å². The highest BCUT2D eigenvalue weighted by Crippen LogP contribution is 2.25. The second-order valence-electron chi connectivity index (χ2n) is 6.49. The Morgan fingerprint density at radius 1 is 1.17 bits per heavy atom. The molecule has 0 radical (unpaired) electrons. The Kier molecular flexibility index (Phi) is 9.15. The molecule has 1 amide bonds. The molecule has 0 unspecified atom stereocenters. The van der Waals surface area contributed by atoms with Gasteiger partial charge in [0.2, 0.25) is 0 Å². The molecule has 0 saturated carbocycles. The molecule has 0 aliphatic heterocycles. The zero-order valence-electron chi connectivity index (χ0n) is 16.6. The molecule has 0 heterocycles. The minimum Gasteiger partial charge on any atom is -0.493 e. The first-order valence-electron chi connectivity index (χ1n) is 9.31. The van der Waals surface area contributed by atoms with Crippen LogP contribution in [0, 0.1) is 0 Å². The Morgan fingerprint density at radius 2 is 1.93 bits per heavy atom. The largest absolute Gasteiger partial charge is 0.493 e. The number of para-hydroxylation sites is 2. The van der Waals surface area contributed by atoms with Gasteiger partial charge in [-0.05, 0) is 61.5 Å². The van der Waals surface area contributed by atoms with Crippen LogP contribution in [0.15, 0.2) is 59.1 Å². The van der Waals surface area contributed by atoms with Gasteiger partial charge in [-0.3, -0.25) is 10.1 Å². The van der Waals surface area contributed by atoms with E-state index in [2.05, 4.69) is 40.1 Å². The second-order valence-corrected chi connectivity index (χ2v) is 7.82. The van der Waals surface area contributed by atoms with Crippen molar-refractivity contribution >= 4 is 44.9 Å². The smallest absolute Gasteiger partial charge is 0.261 e. The number of anilines is 1. The Labute approximate surface area is 185 Å². The Hall–Kier alpha value is -2.38.